The number of ether oxygens (including phenoxy) is 1. The van der Waals surface area contributed by atoms with E-state index in [9.17, 15) is 4.79 Å². The summed E-state index contributed by atoms with van der Waals surface area (Å²) in [5.41, 5.74) is 3.46. The topological polar surface area (TPSA) is 50.4 Å². The van der Waals surface area contributed by atoms with Crippen molar-refractivity contribution in [3.63, 3.8) is 0 Å². The number of anilines is 2. The quantitative estimate of drug-likeness (QED) is 0.718. The minimum absolute atomic E-state index is 0.141. The van der Waals surface area contributed by atoms with Gasteiger partial charge in [-0.05, 0) is 61.4 Å². The Bertz CT molecular complexity index is 727. The van der Waals surface area contributed by atoms with Crippen molar-refractivity contribution in [2.75, 3.05) is 23.8 Å². The van der Waals surface area contributed by atoms with Crippen LogP contribution in [0.1, 0.15) is 12.5 Å². The van der Waals surface area contributed by atoms with Gasteiger partial charge in [-0.25, -0.2) is 0 Å². The lowest BCUT2D eigenvalue weighted by Gasteiger charge is -2.10. The van der Waals surface area contributed by atoms with Gasteiger partial charge in [0.2, 0.25) is 5.91 Å². The van der Waals surface area contributed by atoms with Gasteiger partial charge in [0.15, 0.2) is 0 Å². The smallest absolute Gasteiger partial charge is 0.243 e. The number of amides is 1. The van der Waals surface area contributed by atoms with Crippen LogP contribution in [0.2, 0.25) is 5.02 Å². The molecule has 0 saturated carbocycles. The number of carbonyl (C=O) groups excluding carboxylic acids is 1. The molecular formula is C19H21ClN2O2. The van der Waals surface area contributed by atoms with Gasteiger partial charge in [-0.3, -0.25) is 4.79 Å². The summed E-state index contributed by atoms with van der Waals surface area (Å²) in [6, 6.07) is 12.9. The van der Waals surface area contributed by atoms with E-state index in [2.05, 4.69) is 17.2 Å². The van der Waals surface area contributed by atoms with Crippen LogP contribution in [-0.2, 0) is 4.79 Å². The van der Waals surface area contributed by atoms with E-state index in [0.29, 0.717) is 17.3 Å². The number of aryl methyl sites for hydroxylation is 1. The van der Waals surface area contributed by atoms with Crippen molar-refractivity contribution < 1.29 is 9.53 Å². The lowest BCUT2D eigenvalue weighted by molar-refractivity contribution is -0.114. The molecule has 1 amide bonds. The molecule has 5 heteroatoms. The molecule has 2 N–H and O–H groups in total. The maximum absolute atomic E-state index is 12.0. The van der Waals surface area contributed by atoms with Gasteiger partial charge in [-0.2, -0.15) is 0 Å². The minimum atomic E-state index is -0.141. The second-order valence-electron chi connectivity index (χ2n) is 5.64. The van der Waals surface area contributed by atoms with E-state index >= 15 is 0 Å². The lowest BCUT2D eigenvalue weighted by Crippen LogP contribution is -2.21. The van der Waals surface area contributed by atoms with Gasteiger partial charge >= 0.3 is 0 Å². The van der Waals surface area contributed by atoms with Crippen LogP contribution in [0, 0.1) is 6.92 Å². The third kappa shape index (κ3) is 5.63. The average Bonchev–Trinajstić information content (AvgIpc) is 2.55. The Kier molecular flexibility index (Phi) is 6.27. The molecule has 0 aliphatic rings. The number of hydrogen-bond acceptors (Lipinski definition) is 3. The second-order valence-corrected chi connectivity index (χ2v) is 6.04. The Labute approximate surface area is 147 Å². The van der Waals surface area contributed by atoms with Gasteiger partial charge in [0.25, 0.3) is 0 Å². The molecule has 0 heterocycles. The average molecular weight is 345 g/mol. The van der Waals surface area contributed by atoms with E-state index in [4.69, 9.17) is 16.3 Å². The molecular weight excluding hydrogens is 324 g/mol. The van der Waals surface area contributed by atoms with Crippen molar-refractivity contribution in [3.05, 3.63) is 65.2 Å². The van der Waals surface area contributed by atoms with E-state index in [1.165, 1.54) is 0 Å². The number of hydrogen-bond donors (Lipinski definition) is 2. The molecule has 0 atom stereocenters. The Morgan fingerprint density at radius 3 is 2.46 bits per heavy atom. The Morgan fingerprint density at radius 1 is 1.17 bits per heavy atom. The fraction of sp³-hybridized carbons (Fsp3) is 0.211. The van der Waals surface area contributed by atoms with Crippen LogP contribution in [0.3, 0.4) is 0 Å². The largest absolute Gasteiger partial charge is 0.489 e. The summed E-state index contributed by atoms with van der Waals surface area (Å²) in [4.78, 5) is 12.0. The first kappa shape index (κ1) is 17.9. The predicted molar refractivity (Wildman–Crippen MR) is 100 cm³/mol. The maximum atomic E-state index is 12.0. The lowest BCUT2D eigenvalue weighted by atomic mass is 10.2. The van der Waals surface area contributed by atoms with Gasteiger partial charge < -0.3 is 15.4 Å². The first-order valence-corrected chi connectivity index (χ1v) is 7.99. The molecule has 0 fully saturated rings. The van der Waals surface area contributed by atoms with E-state index in [-0.39, 0.29) is 12.5 Å². The molecule has 0 radical (unpaired) electrons. The summed E-state index contributed by atoms with van der Waals surface area (Å²) in [7, 11) is 0. The minimum Gasteiger partial charge on any atom is -0.489 e. The molecule has 0 unspecified atom stereocenters. The molecule has 0 bridgehead atoms. The van der Waals surface area contributed by atoms with Crippen molar-refractivity contribution in [1.29, 1.82) is 0 Å². The zero-order valence-corrected chi connectivity index (χ0v) is 14.6. The molecule has 126 valence electrons. The molecule has 2 aromatic carbocycles. The second kappa shape index (κ2) is 8.41. The van der Waals surface area contributed by atoms with Crippen LogP contribution in [0.25, 0.3) is 0 Å². The van der Waals surface area contributed by atoms with Crippen LogP contribution < -0.4 is 15.4 Å². The molecule has 24 heavy (non-hydrogen) atoms. The Balaban J connectivity index is 1.82. The fourth-order valence-electron chi connectivity index (χ4n) is 1.93. The van der Waals surface area contributed by atoms with Gasteiger partial charge in [0.1, 0.15) is 12.4 Å². The predicted octanol–water partition coefficient (Wildman–Crippen LogP) is 4.65. The van der Waals surface area contributed by atoms with E-state index in [1.807, 2.05) is 50.2 Å². The highest BCUT2D eigenvalue weighted by molar-refractivity contribution is 6.31. The first-order valence-electron chi connectivity index (χ1n) is 7.61. The van der Waals surface area contributed by atoms with Gasteiger partial charge in [-0.1, -0.05) is 24.2 Å². The molecule has 2 rings (SSSR count). The molecule has 4 nitrogen and oxygen atoms in total. The third-order valence-electron chi connectivity index (χ3n) is 3.25. The first-order chi connectivity index (χ1) is 11.4. The molecule has 0 aliphatic heterocycles. The highest BCUT2D eigenvalue weighted by atomic mass is 35.5. The Hall–Kier alpha value is -2.46. The summed E-state index contributed by atoms with van der Waals surface area (Å²) < 4.78 is 5.53. The monoisotopic (exact) mass is 344 g/mol. The van der Waals surface area contributed by atoms with Crippen LogP contribution in [0.5, 0.6) is 5.75 Å². The molecule has 0 spiro atoms. The van der Waals surface area contributed by atoms with Crippen LogP contribution in [0.15, 0.2) is 54.6 Å². The summed E-state index contributed by atoms with van der Waals surface area (Å²) in [6.07, 6.45) is 0. The van der Waals surface area contributed by atoms with Crippen LogP contribution in [0.4, 0.5) is 11.4 Å². The fourth-order valence-corrected chi connectivity index (χ4v) is 2.11. The van der Waals surface area contributed by atoms with Crippen molar-refractivity contribution in [3.8, 4) is 5.75 Å². The molecule has 0 aliphatic carbocycles. The number of benzene rings is 2. The van der Waals surface area contributed by atoms with Crippen molar-refractivity contribution >= 4 is 28.9 Å². The van der Waals surface area contributed by atoms with Gasteiger partial charge in [-0.15, -0.1) is 0 Å². The van der Waals surface area contributed by atoms with Crippen LogP contribution in [-0.4, -0.2) is 19.1 Å². The summed E-state index contributed by atoms with van der Waals surface area (Å²) in [6.45, 7) is 8.28. The van der Waals surface area contributed by atoms with Crippen molar-refractivity contribution in [2.45, 2.75) is 13.8 Å². The molecule has 0 saturated heterocycles. The normalized spacial score (nSPS) is 10.1. The maximum Gasteiger partial charge on any atom is 0.243 e. The zero-order valence-electron chi connectivity index (χ0n) is 13.9. The summed E-state index contributed by atoms with van der Waals surface area (Å²) in [5.74, 6) is 0.625. The number of carbonyl (C=O) groups is 1. The number of nitrogens with one attached hydrogen (secondary N) is 2. The van der Waals surface area contributed by atoms with Crippen molar-refractivity contribution in [2.24, 2.45) is 0 Å². The third-order valence-corrected chi connectivity index (χ3v) is 3.66. The van der Waals surface area contributed by atoms with Crippen LogP contribution >= 0.6 is 11.6 Å². The zero-order chi connectivity index (χ0) is 17.5. The highest BCUT2D eigenvalue weighted by Gasteiger charge is 2.04. The molecule has 2 aromatic rings. The highest BCUT2D eigenvalue weighted by Crippen LogP contribution is 2.20. The number of rotatable bonds is 7. The van der Waals surface area contributed by atoms with Crippen molar-refractivity contribution in [1.82, 2.24) is 0 Å². The molecule has 0 aromatic heterocycles. The van der Waals surface area contributed by atoms with Gasteiger partial charge in [0.05, 0.1) is 6.54 Å². The van der Waals surface area contributed by atoms with Gasteiger partial charge in [0, 0.05) is 16.4 Å². The SMILES string of the molecule is C=C(C)COc1ccc(NCC(=O)Nc2ccc(C)c(Cl)c2)cc1. The van der Waals surface area contributed by atoms with E-state index in [0.717, 1.165) is 22.6 Å². The van der Waals surface area contributed by atoms with E-state index < -0.39 is 0 Å². The number of halogens is 1. The van der Waals surface area contributed by atoms with E-state index in [1.54, 1.807) is 6.07 Å². The Morgan fingerprint density at radius 2 is 1.83 bits per heavy atom. The standard InChI is InChI=1S/C19H21ClN2O2/c1-13(2)12-24-17-8-6-15(7-9-17)21-11-19(23)22-16-5-4-14(3)18(20)10-16/h4-10,21H,1,11-12H2,2-3H3,(H,22,23). The summed E-state index contributed by atoms with van der Waals surface area (Å²) >= 11 is 6.05. The summed E-state index contributed by atoms with van der Waals surface area (Å²) in [5, 5.41) is 6.50.